The second-order valence-corrected chi connectivity index (χ2v) is 12.1. The van der Waals surface area contributed by atoms with E-state index in [1.807, 2.05) is 17.0 Å². The summed E-state index contributed by atoms with van der Waals surface area (Å²) < 4.78 is 42.1. The molecule has 0 bridgehead atoms. The second kappa shape index (κ2) is 8.10. The summed E-state index contributed by atoms with van der Waals surface area (Å²) in [5.41, 5.74) is 0.277. The van der Waals surface area contributed by atoms with E-state index in [1.54, 1.807) is 0 Å². The van der Waals surface area contributed by atoms with Crippen LogP contribution in [0.15, 0.2) is 29.2 Å². The molecular weight excluding hydrogens is 482 g/mol. The molecule has 6 rings (SSSR count). The number of hydrogen-bond acceptors (Lipinski definition) is 6. The molecule has 2 aromatic rings. The average molecular weight is 509 g/mol. The maximum atomic E-state index is 14.8. The number of aliphatic hydroxyl groups excluding tert-OH is 1. The van der Waals surface area contributed by atoms with Crippen molar-refractivity contribution < 1.29 is 18.1 Å². The topological polar surface area (TPSA) is 78.4 Å². The summed E-state index contributed by atoms with van der Waals surface area (Å²) in [6.45, 7) is 1.31. The molecule has 182 valence electrons. The molecule has 1 aromatic heterocycles. The van der Waals surface area contributed by atoms with Gasteiger partial charge in [-0.05, 0) is 67.6 Å². The van der Waals surface area contributed by atoms with E-state index in [-0.39, 0.29) is 23.3 Å². The molecule has 2 aliphatic carbocycles. The van der Waals surface area contributed by atoms with Crippen molar-refractivity contribution in [3.8, 4) is 0 Å². The zero-order valence-electron chi connectivity index (χ0n) is 18.6. The van der Waals surface area contributed by atoms with Crippen molar-refractivity contribution in [1.82, 2.24) is 9.97 Å². The van der Waals surface area contributed by atoms with Gasteiger partial charge in [-0.15, -0.1) is 0 Å². The summed E-state index contributed by atoms with van der Waals surface area (Å²) in [5, 5.41) is 13.8. The molecule has 2 saturated carbocycles. The first-order chi connectivity index (χ1) is 16.3. The SMILES string of the molecule is O=S1CC(F)(F)c2nc(N3CC4CC(c5ccc(Cl)cc5)CC4C3)nc(NC3(CO)CCC3)c21. The van der Waals surface area contributed by atoms with Gasteiger partial charge in [-0.25, -0.2) is 4.98 Å². The highest BCUT2D eigenvalue weighted by atomic mass is 35.5. The lowest BCUT2D eigenvalue weighted by Gasteiger charge is -2.41. The van der Waals surface area contributed by atoms with Gasteiger partial charge in [0.25, 0.3) is 0 Å². The first-order valence-corrected chi connectivity index (χ1v) is 13.5. The van der Waals surface area contributed by atoms with E-state index in [0.29, 0.717) is 30.8 Å². The van der Waals surface area contributed by atoms with Gasteiger partial charge < -0.3 is 15.3 Å². The zero-order chi connectivity index (χ0) is 23.7. The van der Waals surface area contributed by atoms with Crippen molar-refractivity contribution >= 4 is 34.2 Å². The Bertz CT molecular complexity index is 1130. The highest BCUT2D eigenvalue weighted by molar-refractivity contribution is 7.85. The Hall–Kier alpha value is -1.84. The van der Waals surface area contributed by atoms with Crippen molar-refractivity contribution in [2.75, 3.05) is 35.7 Å². The van der Waals surface area contributed by atoms with Gasteiger partial charge in [0.2, 0.25) is 5.95 Å². The third-order valence-corrected chi connectivity index (χ3v) is 9.83. The van der Waals surface area contributed by atoms with Crippen LogP contribution >= 0.6 is 11.6 Å². The van der Waals surface area contributed by atoms with E-state index >= 15 is 0 Å². The van der Waals surface area contributed by atoms with Crippen LogP contribution in [0.25, 0.3) is 0 Å². The molecule has 2 aliphatic heterocycles. The van der Waals surface area contributed by atoms with Crippen LogP contribution in [0.4, 0.5) is 20.5 Å². The minimum absolute atomic E-state index is 0.00401. The Labute approximate surface area is 204 Å². The Morgan fingerprint density at radius 3 is 2.41 bits per heavy atom. The largest absolute Gasteiger partial charge is 0.394 e. The van der Waals surface area contributed by atoms with E-state index in [2.05, 4.69) is 27.4 Å². The van der Waals surface area contributed by atoms with Gasteiger partial charge in [0, 0.05) is 18.1 Å². The molecule has 1 aromatic carbocycles. The molecule has 4 aliphatic rings. The standard InChI is InChI=1S/C24H27ClF2N4O2S/c25-18-4-2-14(3-5-18)15-8-16-10-31(11-17(16)9-15)22-28-20-19(34(33)13-24(20,26)27)21(29-22)30-23(12-32)6-1-7-23/h2-5,15-17,32H,1,6-13H2,(H,28,29,30). The maximum Gasteiger partial charge on any atom is 0.302 e. The van der Waals surface area contributed by atoms with Crippen LogP contribution in [0.1, 0.15) is 49.3 Å². The monoisotopic (exact) mass is 508 g/mol. The fourth-order valence-corrected chi connectivity index (χ4v) is 7.54. The quantitative estimate of drug-likeness (QED) is 0.627. The van der Waals surface area contributed by atoms with E-state index in [4.69, 9.17) is 11.6 Å². The van der Waals surface area contributed by atoms with E-state index < -0.39 is 33.7 Å². The number of halogens is 3. The number of anilines is 2. The highest BCUT2D eigenvalue weighted by Gasteiger charge is 2.50. The number of fused-ring (bicyclic) bond motifs is 2. The van der Waals surface area contributed by atoms with Gasteiger partial charge in [-0.3, -0.25) is 4.21 Å². The van der Waals surface area contributed by atoms with Crippen LogP contribution in [-0.4, -0.2) is 50.3 Å². The molecule has 1 saturated heterocycles. The molecule has 3 fully saturated rings. The van der Waals surface area contributed by atoms with Crippen molar-refractivity contribution in [3.63, 3.8) is 0 Å². The number of alkyl halides is 2. The molecule has 0 radical (unpaired) electrons. The van der Waals surface area contributed by atoms with Gasteiger partial charge in [0.15, 0.2) is 0 Å². The fraction of sp³-hybridized carbons (Fsp3) is 0.583. The Kier molecular flexibility index (Phi) is 5.39. The Morgan fingerprint density at radius 2 is 1.82 bits per heavy atom. The summed E-state index contributed by atoms with van der Waals surface area (Å²) in [5.74, 6) is -2.20. The number of aliphatic hydroxyl groups is 1. The number of aromatic nitrogens is 2. The first kappa shape index (κ1) is 22.6. The number of nitrogens with one attached hydrogen (secondary N) is 1. The van der Waals surface area contributed by atoms with Gasteiger partial charge in [0.1, 0.15) is 16.4 Å². The molecule has 3 atom stereocenters. The molecule has 3 unspecified atom stereocenters. The molecule has 3 heterocycles. The van der Waals surface area contributed by atoms with Gasteiger partial charge in [0.05, 0.1) is 28.7 Å². The summed E-state index contributed by atoms with van der Waals surface area (Å²) in [4.78, 5) is 10.9. The van der Waals surface area contributed by atoms with Crippen molar-refractivity contribution in [3.05, 3.63) is 40.5 Å². The lowest BCUT2D eigenvalue weighted by atomic mass is 9.77. The van der Waals surface area contributed by atoms with E-state index in [9.17, 15) is 18.1 Å². The molecule has 0 spiro atoms. The number of rotatable bonds is 5. The Balaban J connectivity index is 1.27. The highest BCUT2D eigenvalue weighted by Crippen LogP contribution is 2.49. The predicted octanol–water partition coefficient (Wildman–Crippen LogP) is 4.30. The van der Waals surface area contributed by atoms with Crippen LogP contribution in [0.2, 0.25) is 5.02 Å². The average Bonchev–Trinajstić information content (AvgIpc) is 3.41. The van der Waals surface area contributed by atoms with Crippen LogP contribution in [0.3, 0.4) is 0 Å². The Morgan fingerprint density at radius 1 is 1.15 bits per heavy atom. The fourth-order valence-electron chi connectivity index (χ4n) is 6.08. The van der Waals surface area contributed by atoms with Crippen molar-refractivity contribution in [1.29, 1.82) is 0 Å². The molecule has 34 heavy (non-hydrogen) atoms. The zero-order valence-corrected chi connectivity index (χ0v) is 20.2. The normalized spacial score (nSPS) is 30.6. The molecule has 2 N–H and O–H groups in total. The third kappa shape index (κ3) is 3.71. The maximum absolute atomic E-state index is 14.8. The minimum Gasteiger partial charge on any atom is -0.394 e. The van der Waals surface area contributed by atoms with Crippen molar-refractivity contribution in [2.24, 2.45) is 11.8 Å². The predicted molar refractivity (Wildman–Crippen MR) is 127 cm³/mol. The van der Waals surface area contributed by atoms with E-state index in [0.717, 1.165) is 37.1 Å². The molecule has 0 amide bonds. The van der Waals surface area contributed by atoms with Gasteiger partial charge in [-0.2, -0.15) is 13.8 Å². The lowest BCUT2D eigenvalue weighted by Crippen LogP contribution is -2.48. The van der Waals surface area contributed by atoms with Crippen molar-refractivity contribution in [2.45, 2.75) is 54.4 Å². The van der Waals surface area contributed by atoms with E-state index in [1.165, 1.54) is 5.56 Å². The summed E-state index contributed by atoms with van der Waals surface area (Å²) >= 11 is 6.03. The number of hydrogen-bond donors (Lipinski definition) is 2. The second-order valence-electron chi connectivity index (χ2n) is 10.3. The smallest absolute Gasteiger partial charge is 0.302 e. The summed E-state index contributed by atoms with van der Waals surface area (Å²) in [6.07, 6.45) is 4.46. The first-order valence-electron chi connectivity index (χ1n) is 11.9. The third-order valence-electron chi connectivity index (χ3n) is 8.11. The van der Waals surface area contributed by atoms with Gasteiger partial charge in [-0.1, -0.05) is 23.7 Å². The van der Waals surface area contributed by atoms with Crippen LogP contribution in [0.5, 0.6) is 0 Å². The molecule has 6 nitrogen and oxygen atoms in total. The molecule has 10 heteroatoms. The number of nitrogens with zero attached hydrogens (tertiary/aromatic N) is 3. The van der Waals surface area contributed by atoms with Crippen LogP contribution in [-0.2, 0) is 16.7 Å². The lowest BCUT2D eigenvalue weighted by molar-refractivity contribution is 0.0191. The minimum atomic E-state index is -3.25. The number of benzene rings is 1. The van der Waals surface area contributed by atoms with Crippen LogP contribution in [0, 0.1) is 11.8 Å². The van der Waals surface area contributed by atoms with Crippen LogP contribution < -0.4 is 10.2 Å². The molecular formula is C24H27ClF2N4O2S. The van der Waals surface area contributed by atoms with Gasteiger partial charge >= 0.3 is 5.92 Å². The summed E-state index contributed by atoms with van der Waals surface area (Å²) in [6, 6.07) is 8.03. The summed E-state index contributed by atoms with van der Waals surface area (Å²) in [7, 11) is -1.88.